The fourth-order valence-electron chi connectivity index (χ4n) is 14.8. The second kappa shape index (κ2) is 24.1. The van der Waals surface area contributed by atoms with Crippen LogP contribution in [0.5, 0.6) is 0 Å². The molecule has 1 heterocycles. The van der Waals surface area contributed by atoms with Gasteiger partial charge in [0.1, 0.15) is 31.0 Å². The summed E-state index contributed by atoms with van der Waals surface area (Å²) < 4.78 is 59.7. The summed E-state index contributed by atoms with van der Waals surface area (Å²) in [4.78, 5) is 102. The fraction of sp³-hybridized carbons (Fsp3) is 0.852. The predicted molar refractivity (Wildman–Crippen MR) is 260 cm³/mol. The zero-order valence-electron chi connectivity index (χ0n) is 45.9. The standard InChI is InChI=1S/C54H85NO18/c1-15-64-43(62)27-37(48(63)65-16-2)55-26-18-17-22-54(14,73-49-47(71-35(8)61)46(70-34(7)60)45(69-33(6)59)39(72-49)29-66-30(3)56)36-19-24-53(13)44(36)38(67-31(4)57)28-41-51(11)23-21-42(68-32(5)58)50(9,10)40(51)20-25-52(41,53)12/h36-42,44-47,49,55H,15-29H2,1-14H3/t36?,37?,38?,39-,40?,41?,42+,44+,45-,46+,47?,49-,51+,52-,53-,54?/m1/s1. The van der Waals surface area contributed by atoms with E-state index in [1.165, 1.54) is 27.7 Å². The zero-order valence-corrected chi connectivity index (χ0v) is 45.9. The zero-order chi connectivity index (χ0) is 54.4. The number of ether oxygens (including phenoxy) is 10. The van der Waals surface area contributed by atoms with Gasteiger partial charge in [0.25, 0.3) is 0 Å². The molecular weight excluding hydrogens is 951 g/mol. The lowest BCUT2D eigenvalue weighted by atomic mass is 9.35. The molecule has 1 N–H and O–H groups in total. The number of nitrogens with one attached hydrogen (secondary N) is 1. The number of unbranched alkanes of at least 4 members (excludes halogenated alkanes) is 1. The maximum Gasteiger partial charge on any atom is 0.323 e. The molecule has 0 spiro atoms. The molecule has 4 aliphatic carbocycles. The van der Waals surface area contributed by atoms with Crippen molar-refractivity contribution in [3.05, 3.63) is 0 Å². The van der Waals surface area contributed by atoms with E-state index in [1.807, 2.05) is 6.92 Å². The van der Waals surface area contributed by atoms with Crippen molar-refractivity contribution in [2.75, 3.05) is 26.4 Å². The maximum atomic E-state index is 13.4. The van der Waals surface area contributed by atoms with Gasteiger partial charge in [0.05, 0.1) is 25.2 Å². The van der Waals surface area contributed by atoms with Gasteiger partial charge in [-0.15, -0.1) is 0 Å². The SMILES string of the molecule is CCOC(=O)CC(NCCCCC(C)(O[C@H]1O[C@H](COC(C)=O)[C@@H](OC(C)=O)[C@H](OC(C)=O)C1OC(C)=O)C1CC[C@]2(C)[C@@H]1C(OC(C)=O)CC1[C@@]3(C)CC[C@H](OC(C)=O)C(C)(C)C3CC[C@]12C)C(=O)OCC. The van der Waals surface area contributed by atoms with Crippen molar-refractivity contribution < 1.29 is 85.7 Å². The molecule has 0 aromatic heterocycles. The van der Waals surface area contributed by atoms with Crippen molar-refractivity contribution in [3.63, 3.8) is 0 Å². The average Bonchev–Trinajstić information content (AvgIpc) is 3.66. The lowest BCUT2D eigenvalue weighted by molar-refractivity contribution is -0.339. The summed E-state index contributed by atoms with van der Waals surface area (Å²) in [5.41, 5.74) is -2.36. The molecule has 0 aromatic rings. The monoisotopic (exact) mass is 1040 g/mol. The van der Waals surface area contributed by atoms with E-state index in [0.717, 1.165) is 39.5 Å². The Bertz CT molecular complexity index is 2030. The van der Waals surface area contributed by atoms with Gasteiger partial charge in [-0.3, -0.25) is 38.4 Å². The third-order valence-corrected chi connectivity index (χ3v) is 17.8. The summed E-state index contributed by atoms with van der Waals surface area (Å²) in [6.45, 7) is 24.6. The predicted octanol–water partition coefficient (Wildman–Crippen LogP) is 6.65. The van der Waals surface area contributed by atoms with E-state index in [0.29, 0.717) is 45.1 Å². The van der Waals surface area contributed by atoms with Crippen LogP contribution in [-0.4, -0.2) is 129 Å². The smallest absolute Gasteiger partial charge is 0.323 e. The first kappa shape index (κ1) is 59.5. The fourth-order valence-corrected chi connectivity index (χ4v) is 14.8. The summed E-state index contributed by atoms with van der Waals surface area (Å²) in [5, 5.41) is 3.18. The van der Waals surface area contributed by atoms with E-state index in [9.17, 15) is 38.4 Å². The Hall–Kier alpha value is -4.36. The third kappa shape index (κ3) is 13.0. The topological polar surface area (TPSA) is 241 Å². The molecule has 1 saturated heterocycles. The Morgan fingerprint density at radius 2 is 1.23 bits per heavy atom. The molecule has 4 saturated carbocycles. The van der Waals surface area contributed by atoms with Crippen molar-refractivity contribution in [2.45, 2.75) is 222 Å². The minimum absolute atomic E-state index is 0.124. The molecule has 0 amide bonds. The van der Waals surface area contributed by atoms with Crippen molar-refractivity contribution in [3.8, 4) is 0 Å². The number of fused-ring (bicyclic) bond motifs is 5. The van der Waals surface area contributed by atoms with Gasteiger partial charge < -0.3 is 52.7 Å². The van der Waals surface area contributed by atoms with Crippen LogP contribution >= 0.6 is 0 Å². The van der Waals surface area contributed by atoms with Gasteiger partial charge in [0, 0.05) is 52.9 Å². The van der Waals surface area contributed by atoms with Gasteiger partial charge in [-0.2, -0.15) is 0 Å². The Balaban J connectivity index is 1.59. The van der Waals surface area contributed by atoms with Crippen LogP contribution in [0.2, 0.25) is 0 Å². The van der Waals surface area contributed by atoms with Gasteiger partial charge in [0.2, 0.25) is 0 Å². The van der Waals surface area contributed by atoms with Gasteiger partial charge >= 0.3 is 47.8 Å². The molecule has 16 atom stereocenters. The Kier molecular flexibility index (Phi) is 19.6. The van der Waals surface area contributed by atoms with Crippen LogP contribution in [0.1, 0.15) is 168 Å². The first-order valence-corrected chi connectivity index (χ1v) is 26.5. The second-order valence-corrected chi connectivity index (χ2v) is 22.7. The molecular formula is C54H85NO18. The number of esters is 8. The molecule has 414 valence electrons. The summed E-state index contributed by atoms with van der Waals surface area (Å²) in [7, 11) is 0. The highest BCUT2D eigenvalue weighted by molar-refractivity contribution is 5.82. The van der Waals surface area contributed by atoms with E-state index in [-0.39, 0.29) is 71.6 Å². The van der Waals surface area contributed by atoms with Crippen LogP contribution in [0.25, 0.3) is 0 Å². The van der Waals surface area contributed by atoms with Gasteiger partial charge in [-0.25, -0.2) is 0 Å². The van der Waals surface area contributed by atoms with E-state index in [4.69, 9.17) is 47.4 Å². The van der Waals surface area contributed by atoms with E-state index >= 15 is 0 Å². The van der Waals surface area contributed by atoms with Crippen LogP contribution in [-0.2, 0) is 85.7 Å². The lowest BCUT2D eigenvalue weighted by Crippen LogP contribution is -2.67. The molecule has 5 rings (SSSR count). The molecule has 0 bridgehead atoms. The summed E-state index contributed by atoms with van der Waals surface area (Å²) in [6.07, 6.45) is -1.45. The van der Waals surface area contributed by atoms with Gasteiger partial charge in [-0.1, -0.05) is 34.6 Å². The molecule has 1 aliphatic heterocycles. The first-order valence-electron chi connectivity index (χ1n) is 26.5. The normalized spacial score (nSPS) is 35.5. The van der Waals surface area contributed by atoms with Crippen molar-refractivity contribution >= 4 is 47.8 Å². The molecule has 7 unspecified atom stereocenters. The number of carbonyl (C=O) groups excluding carboxylic acids is 8. The van der Waals surface area contributed by atoms with Crippen molar-refractivity contribution in [1.82, 2.24) is 5.32 Å². The highest BCUT2D eigenvalue weighted by Gasteiger charge is 2.73. The summed E-state index contributed by atoms with van der Waals surface area (Å²) in [5.74, 6) is -5.06. The lowest BCUT2D eigenvalue weighted by Gasteiger charge is -2.70. The van der Waals surface area contributed by atoms with Crippen LogP contribution in [0.4, 0.5) is 0 Å². The Morgan fingerprint density at radius 3 is 1.82 bits per heavy atom. The minimum Gasteiger partial charge on any atom is -0.466 e. The van der Waals surface area contributed by atoms with Gasteiger partial charge in [-0.05, 0) is 126 Å². The molecule has 19 heteroatoms. The van der Waals surface area contributed by atoms with E-state index in [1.54, 1.807) is 13.8 Å². The molecule has 5 fully saturated rings. The Labute approximate surface area is 431 Å². The number of rotatable bonds is 21. The minimum atomic E-state index is -1.49. The second-order valence-electron chi connectivity index (χ2n) is 22.7. The average molecular weight is 1040 g/mol. The molecule has 19 nitrogen and oxygen atoms in total. The van der Waals surface area contributed by atoms with E-state index < -0.39 is 102 Å². The first-order chi connectivity index (χ1) is 34.1. The molecule has 73 heavy (non-hydrogen) atoms. The number of hydrogen-bond acceptors (Lipinski definition) is 19. The van der Waals surface area contributed by atoms with Crippen LogP contribution in [0.15, 0.2) is 0 Å². The van der Waals surface area contributed by atoms with Crippen LogP contribution < -0.4 is 5.32 Å². The number of hydrogen-bond donors (Lipinski definition) is 1. The van der Waals surface area contributed by atoms with Crippen molar-refractivity contribution in [1.29, 1.82) is 0 Å². The highest BCUT2D eigenvalue weighted by atomic mass is 16.7. The highest BCUT2D eigenvalue weighted by Crippen LogP contribution is 2.76. The Morgan fingerprint density at radius 1 is 0.644 bits per heavy atom. The maximum absolute atomic E-state index is 13.4. The summed E-state index contributed by atoms with van der Waals surface area (Å²) >= 11 is 0. The molecule has 0 radical (unpaired) electrons. The molecule has 5 aliphatic rings. The van der Waals surface area contributed by atoms with Crippen molar-refractivity contribution in [2.24, 2.45) is 45.3 Å². The summed E-state index contributed by atoms with van der Waals surface area (Å²) in [6, 6.07) is -0.950. The van der Waals surface area contributed by atoms with Crippen LogP contribution in [0, 0.1) is 45.3 Å². The van der Waals surface area contributed by atoms with E-state index in [2.05, 4.69) is 39.9 Å². The van der Waals surface area contributed by atoms with Gasteiger partial charge in [0.15, 0.2) is 24.6 Å². The number of carbonyl (C=O) groups is 8. The third-order valence-electron chi connectivity index (χ3n) is 17.8. The quantitative estimate of drug-likeness (QED) is 0.0719. The largest absolute Gasteiger partial charge is 0.466 e. The molecule has 0 aromatic carbocycles. The van der Waals surface area contributed by atoms with Crippen LogP contribution in [0.3, 0.4) is 0 Å².